The maximum atomic E-state index is 13.0. The molecule has 1 amide bonds. The van der Waals surface area contributed by atoms with Gasteiger partial charge in [-0.25, -0.2) is 0 Å². The van der Waals surface area contributed by atoms with E-state index in [0.29, 0.717) is 23.8 Å². The SMILES string of the molecule is Cl.Cl.NC1C2CCCC1CC(C(=O)N1CCC(N3CCCCC3)CC1)C2. The van der Waals surface area contributed by atoms with Crippen molar-refractivity contribution in [1.29, 1.82) is 0 Å². The summed E-state index contributed by atoms with van der Waals surface area (Å²) < 4.78 is 0. The van der Waals surface area contributed by atoms with Crippen LogP contribution in [0, 0.1) is 17.8 Å². The largest absolute Gasteiger partial charge is 0.342 e. The summed E-state index contributed by atoms with van der Waals surface area (Å²) in [5, 5.41) is 0. The van der Waals surface area contributed by atoms with Crippen molar-refractivity contribution in [2.24, 2.45) is 23.5 Å². The third-order valence-electron chi connectivity index (χ3n) is 7.45. The first-order chi connectivity index (χ1) is 11.7. The van der Waals surface area contributed by atoms with Gasteiger partial charge in [0.2, 0.25) is 5.91 Å². The zero-order chi connectivity index (χ0) is 16.5. The lowest BCUT2D eigenvalue weighted by Gasteiger charge is -2.46. The van der Waals surface area contributed by atoms with Gasteiger partial charge in [0.15, 0.2) is 0 Å². The van der Waals surface area contributed by atoms with Gasteiger partial charge in [-0.1, -0.05) is 12.8 Å². The van der Waals surface area contributed by atoms with Crippen molar-refractivity contribution < 1.29 is 4.79 Å². The van der Waals surface area contributed by atoms with Crippen LogP contribution in [-0.4, -0.2) is 54.0 Å². The van der Waals surface area contributed by atoms with E-state index < -0.39 is 0 Å². The summed E-state index contributed by atoms with van der Waals surface area (Å²) in [6, 6.07) is 1.10. The van der Waals surface area contributed by atoms with E-state index in [2.05, 4.69) is 9.80 Å². The number of hydrogen-bond donors (Lipinski definition) is 1. The predicted molar refractivity (Wildman–Crippen MR) is 111 cm³/mol. The van der Waals surface area contributed by atoms with Gasteiger partial charge in [-0.05, 0) is 76.3 Å². The van der Waals surface area contributed by atoms with Crippen LogP contribution in [0.15, 0.2) is 0 Å². The van der Waals surface area contributed by atoms with Crippen molar-refractivity contribution in [3.8, 4) is 0 Å². The quantitative estimate of drug-likeness (QED) is 0.764. The number of rotatable bonds is 2. The first-order valence-electron chi connectivity index (χ1n) is 10.5. The molecule has 2 saturated carbocycles. The molecule has 2 aliphatic carbocycles. The first-order valence-corrected chi connectivity index (χ1v) is 10.5. The second-order valence-electron chi connectivity index (χ2n) is 8.85. The second kappa shape index (κ2) is 9.95. The van der Waals surface area contributed by atoms with Crippen LogP contribution in [0.3, 0.4) is 0 Å². The fourth-order valence-electron chi connectivity index (χ4n) is 5.98. The summed E-state index contributed by atoms with van der Waals surface area (Å²) >= 11 is 0. The molecule has 2 atom stereocenters. The monoisotopic (exact) mass is 405 g/mol. The number of amides is 1. The molecule has 26 heavy (non-hydrogen) atoms. The summed E-state index contributed by atoms with van der Waals surface area (Å²) in [5.41, 5.74) is 6.40. The number of nitrogens with two attached hydrogens (primary N) is 1. The molecular weight excluding hydrogens is 369 g/mol. The molecule has 2 heterocycles. The van der Waals surface area contributed by atoms with Gasteiger partial charge in [-0.15, -0.1) is 24.8 Å². The number of carbonyl (C=O) groups is 1. The van der Waals surface area contributed by atoms with Gasteiger partial charge in [0.25, 0.3) is 0 Å². The molecule has 4 aliphatic rings. The Hall–Kier alpha value is -0.0300. The highest BCUT2D eigenvalue weighted by molar-refractivity contribution is 5.85. The number of carbonyl (C=O) groups excluding carboxylic acids is 1. The molecule has 2 unspecified atom stereocenters. The number of hydrogen-bond acceptors (Lipinski definition) is 3. The minimum Gasteiger partial charge on any atom is -0.342 e. The molecule has 4 nitrogen and oxygen atoms in total. The van der Waals surface area contributed by atoms with Gasteiger partial charge in [0.1, 0.15) is 0 Å². The van der Waals surface area contributed by atoms with Crippen LogP contribution >= 0.6 is 24.8 Å². The van der Waals surface area contributed by atoms with Crippen LogP contribution in [0.4, 0.5) is 0 Å². The van der Waals surface area contributed by atoms with Gasteiger partial charge in [0.05, 0.1) is 0 Å². The number of halogens is 2. The molecule has 0 radical (unpaired) electrons. The lowest BCUT2D eigenvalue weighted by atomic mass is 9.65. The molecule has 4 rings (SSSR count). The maximum Gasteiger partial charge on any atom is 0.225 e. The third kappa shape index (κ3) is 4.68. The van der Waals surface area contributed by atoms with Crippen LogP contribution in [0.5, 0.6) is 0 Å². The van der Waals surface area contributed by atoms with Crippen molar-refractivity contribution in [1.82, 2.24) is 9.80 Å². The molecule has 2 bridgehead atoms. The average molecular weight is 406 g/mol. The van der Waals surface area contributed by atoms with Crippen molar-refractivity contribution in [2.45, 2.75) is 76.3 Å². The molecule has 0 aromatic rings. The highest BCUT2D eigenvalue weighted by Crippen LogP contribution is 2.42. The Balaban J connectivity index is 0.00000121. The molecule has 0 spiro atoms. The summed E-state index contributed by atoms with van der Waals surface area (Å²) in [6.45, 7) is 4.53. The molecular formula is C20H37Cl2N3O. The normalized spacial score (nSPS) is 36.0. The Kier molecular flexibility index (Phi) is 8.52. The van der Waals surface area contributed by atoms with E-state index in [4.69, 9.17) is 5.73 Å². The zero-order valence-electron chi connectivity index (χ0n) is 16.0. The second-order valence-corrected chi connectivity index (χ2v) is 8.85. The molecule has 2 saturated heterocycles. The first kappa shape index (κ1) is 22.3. The van der Waals surface area contributed by atoms with Crippen LogP contribution in [0.25, 0.3) is 0 Å². The smallest absolute Gasteiger partial charge is 0.225 e. The fraction of sp³-hybridized carbons (Fsp3) is 0.950. The highest BCUT2D eigenvalue weighted by Gasteiger charge is 2.42. The third-order valence-corrected chi connectivity index (χ3v) is 7.45. The molecule has 6 heteroatoms. The van der Waals surface area contributed by atoms with E-state index in [0.717, 1.165) is 32.0 Å². The van der Waals surface area contributed by atoms with Gasteiger partial charge >= 0.3 is 0 Å². The molecule has 2 aliphatic heterocycles. The van der Waals surface area contributed by atoms with Gasteiger partial charge < -0.3 is 15.5 Å². The molecule has 0 aromatic carbocycles. The number of fused-ring (bicyclic) bond motifs is 2. The minimum atomic E-state index is 0. The van der Waals surface area contributed by atoms with E-state index in [-0.39, 0.29) is 30.7 Å². The lowest BCUT2D eigenvalue weighted by molar-refractivity contribution is -0.140. The minimum absolute atomic E-state index is 0. The standard InChI is InChI=1S/C20H35N3O.2ClH/c21-19-15-5-4-6-16(19)14-17(13-15)20(24)23-11-7-18(8-12-23)22-9-2-1-3-10-22;;/h15-19H,1-14,21H2;2*1H. The summed E-state index contributed by atoms with van der Waals surface area (Å²) in [5.74, 6) is 1.94. The Morgan fingerprint density at radius 2 is 1.35 bits per heavy atom. The van der Waals surface area contributed by atoms with E-state index in [1.807, 2.05) is 0 Å². The van der Waals surface area contributed by atoms with E-state index in [1.54, 1.807) is 0 Å². The van der Waals surface area contributed by atoms with Crippen molar-refractivity contribution >= 4 is 30.7 Å². The summed E-state index contributed by atoms with van der Waals surface area (Å²) in [6.07, 6.45) is 12.4. The van der Waals surface area contributed by atoms with Crippen molar-refractivity contribution in [3.63, 3.8) is 0 Å². The molecule has 0 aromatic heterocycles. The van der Waals surface area contributed by atoms with E-state index in [9.17, 15) is 4.79 Å². The van der Waals surface area contributed by atoms with Crippen molar-refractivity contribution in [3.05, 3.63) is 0 Å². The van der Waals surface area contributed by atoms with Gasteiger partial charge in [-0.3, -0.25) is 4.79 Å². The molecule has 152 valence electrons. The Morgan fingerprint density at radius 3 is 1.92 bits per heavy atom. The average Bonchev–Trinajstić information content (AvgIpc) is 2.62. The van der Waals surface area contributed by atoms with Crippen LogP contribution < -0.4 is 5.73 Å². The maximum absolute atomic E-state index is 13.0. The molecule has 2 N–H and O–H groups in total. The highest BCUT2D eigenvalue weighted by atomic mass is 35.5. The molecule has 4 fully saturated rings. The summed E-state index contributed by atoms with van der Waals surface area (Å²) in [7, 11) is 0. The van der Waals surface area contributed by atoms with Crippen LogP contribution in [0.2, 0.25) is 0 Å². The van der Waals surface area contributed by atoms with Gasteiger partial charge in [-0.2, -0.15) is 0 Å². The zero-order valence-corrected chi connectivity index (χ0v) is 17.6. The lowest BCUT2D eigenvalue weighted by Crippen LogP contribution is -2.52. The Labute approximate surface area is 171 Å². The Morgan fingerprint density at radius 1 is 0.769 bits per heavy atom. The predicted octanol–water partition coefficient (Wildman–Crippen LogP) is 3.46. The number of piperidine rings is 2. The van der Waals surface area contributed by atoms with E-state index >= 15 is 0 Å². The Bertz CT molecular complexity index is 436. The summed E-state index contributed by atoms with van der Waals surface area (Å²) in [4.78, 5) is 17.9. The number of nitrogens with zero attached hydrogens (tertiary/aromatic N) is 2. The van der Waals surface area contributed by atoms with E-state index in [1.165, 1.54) is 64.5 Å². The number of likely N-dealkylation sites (tertiary alicyclic amines) is 2. The van der Waals surface area contributed by atoms with Crippen molar-refractivity contribution in [2.75, 3.05) is 26.2 Å². The van der Waals surface area contributed by atoms with Crippen LogP contribution in [0.1, 0.15) is 64.2 Å². The van der Waals surface area contributed by atoms with Crippen LogP contribution in [-0.2, 0) is 4.79 Å². The topological polar surface area (TPSA) is 49.6 Å². The van der Waals surface area contributed by atoms with Gasteiger partial charge in [0, 0.05) is 31.1 Å². The fourth-order valence-corrected chi connectivity index (χ4v) is 5.98.